The maximum Gasteiger partial charge on any atom is 0.0167 e. The Morgan fingerprint density at radius 3 is 2.47 bits per heavy atom. The van der Waals surface area contributed by atoms with Gasteiger partial charge in [0.2, 0.25) is 0 Å². The van der Waals surface area contributed by atoms with Crippen LogP contribution in [-0.4, -0.2) is 19.1 Å². The van der Waals surface area contributed by atoms with Gasteiger partial charge in [-0.05, 0) is 36.6 Å². The van der Waals surface area contributed by atoms with Crippen LogP contribution >= 0.6 is 0 Å². The minimum absolute atomic E-state index is 0.375. The van der Waals surface area contributed by atoms with Crippen molar-refractivity contribution in [1.82, 2.24) is 5.32 Å². The lowest BCUT2D eigenvalue weighted by molar-refractivity contribution is 0.313. The molecule has 2 saturated carbocycles. The average molecular weight is 238 g/mol. The number of nitrogens with two attached hydrogens (primary N) is 1. The second-order valence-corrected chi connectivity index (χ2v) is 7.05. The van der Waals surface area contributed by atoms with Crippen LogP contribution in [0.15, 0.2) is 0 Å². The fraction of sp³-hybridized carbons (Fsp3) is 1.00. The molecular formula is C15H30N2. The predicted octanol–water partition coefficient (Wildman–Crippen LogP) is 2.92. The van der Waals surface area contributed by atoms with E-state index in [1.807, 2.05) is 0 Å². The summed E-state index contributed by atoms with van der Waals surface area (Å²) in [5.74, 6) is 1.81. The van der Waals surface area contributed by atoms with Crippen LogP contribution in [0, 0.1) is 17.3 Å². The molecule has 2 heteroatoms. The minimum Gasteiger partial charge on any atom is -0.327 e. The van der Waals surface area contributed by atoms with Crippen molar-refractivity contribution in [2.45, 2.75) is 64.8 Å². The largest absolute Gasteiger partial charge is 0.327 e. The molecule has 2 aliphatic carbocycles. The van der Waals surface area contributed by atoms with E-state index in [1.54, 1.807) is 0 Å². The van der Waals surface area contributed by atoms with Crippen molar-refractivity contribution < 1.29 is 0 Å². The van der Waals surface area contributed by atoms with E-state index in [-0.39, 0.29) is 0 Å². The van der Waals surface area contributed by atoms with E-state index in [0.29, 0.717) is 11.5 Å². The van der Waals surface area contributed by atoms with Crippen LogP contribution in [0.3, 0.4) is 0 Å². The van der Waals surface area contributed by atoms with Crippen LogP contribution in [-0.2, 0) is 0 Å². The van der Waals surface area contributed by atoms with E-state index in [0.717, 1.165) is 18.4 Å². The van der Waals surface area contributed by atoms with Gasteiger partial charge in [-0.1, -0.05) is 46.0 Å². The van der Waals surface area contributed by atoms with E-state index in [4.69, 9.17) is 5.73 Å². The number of nitrogens with one attached hydrogen (secondary N) is 1. The molecule has 17 heavy (non-hydrogen) atoms. The van der Waals surface area contributed by atoms with Gasteiger partial charge in [0.15, 0.2) is 0 Å². The monoisotopic (exact) mass is 238 g/mol. The molecule has 0 aromatic heterocycles. The molecule has 2 atom stereocenters. The molecule has 2 unspecified atom stereocenters. The normalized spacial score (nSPS) is 30.2. The summed E-state index contributed by atoms with van der Waals surface area (Å²) in [6.07, 6.45) is 9.77. The van der Waals surface area contributed by atoms with Gasteiger partial charge in [0.1, 0.15) is 0 Å². The van der Waals surface area contributed by atoms with Gasteiger partial charge >= 0.3 is 0 Å². The average Bonchev–Trinajstić information content (AvgIpc) is 2.88. The van der Waals surface area contributed by atoms with E-state index >= 15 is 0 Å². The molecule has 3 N–H and O–H groups in total. The number of hydrogen-bond donors (Lipinski definition) is 2. The van der Waals surface area contributed by atoms with Gasteiger partial charge in [-0.3, -0.25) is 0 Å². The van der Waals surface area contributed by atoms with Crippen LogP contribution < -0.4 is 11.1 Å². The van der Waals surface area contributed by atoms with E-state index in [1.165, 1.54) is 51.5 Å². The lowest BCUT2D eigenvalue weighted by Crippen LogP contribution is -2.36. The second kappa shape index (κ2) is 5.71. The molecule has 100 valence electrons. The van der Waals surface area contributed by atoms with E-state index in [9.17, 15) is 0 Å². The van der Waals surface area contributed by atoms with Crippen molar-refractivity contribution >= 4 is 0 Å². The highest BCUT2D eigenvalue weighted by molar-refractivity contribution is 4.96. The van der Waals surface area contributed by atoms with E-state index in [2.05, 4.69) is 19.2 Å². The Bertz CT molecular complexity index is 231. The van der Waals surface area contributed by atoms with Crippen LogP contribution in [0.2, 0.25) is 0 Å². The molecule has 0 radical (unpaired) electrons. The molecule has 2 rings (SSSR count). The molecule has 2 fully saturated rings. The van der Waals surface area contributed by atoms with E-state index < -0.39 is 0 Å². The SMILES string of the molecule is CC1(C)CC1CNCC(N)CC1CCCCC1. The quantitative estimate of drug-likeness (QED) is 0.746. The Hall–Kier alpha value is -0.0800. The van der Waals surface area contributed by atoms with Gasteiger partial charge in [-0.2, -0.15) is 0 Å². The summed E-state index contributed by atoms with van der Waals surface area (Å²) in [5.41, 5.74) is 6.81. The van der Waals surface area contributed by atoms with Crippen LogP contribution in [0.25, 0.3) is 0 Å². The smallest absolute Gasteiger partial charge is 0.0167 e. The molecule has 0 aromatic rings. The summed E-state index contributed by atoms with van der Waals surface area (Å²) >= 11 is 0. The molecule has 2 aliphatic rings. The summed E-state index contributed by atoms with van der Waals surface area (Å²) in [7, 11) is 0. The summed E-state index contributed by atoms with van der Waals surface area (Å²) in [6.45, 7) is 6.91. The van der Waals surface area contributed by atoms with Crippen molar-refractivity contribution in [2.75, 3.05) is 13.1 Å². The van der Waals surface area contributed by atoms with Crippen LogP contribution in [0.1, 0.15) is 58.8 Å². The lowest BCUT2D eigenvalue weighted by atomic mass is 9.85. The van der Waals surface area contributed by atoms with Crippen molar-refractivity contribution in [3.63, 3.8) is 0 Å². The van der Waals surface area contributed by atoms with Gasteiger partial charge < -0.3 is 11.1 Å². The van der Waals surface area contributed by atoms with Crippen molar-refractivity contribution in [1.29, 1.82) is 0 Å². The van der Waals surface area contributed by atoms with Crippen LogP contribution in [0.5, 0.6) is 0 Å². The fourth-order valence-corrected chi connectivity index (χ4v) is 3.30. The molecule has 0 amide bonds. The molecule has 0 bridgehead atoms. The number of hydrogen-bond acceptors (Lipinski definition) is 2. The summed E-state index contributed by atoms with van der Waals surface area (Å²) in [5, 5.41) is 3.57. The topological polar surface area (TPSA) is 38.0 Å². The molecule has 2 nitrogen and oxygen atoms in total. The predicted molar refractivity (Wildman–Crippen MR) is 73.9 cm³/mol. The molecule has 0 spiro atoms. The molecule has 0 saturated heterocycles. The first-order chi connectivity index (χ1) is 8.08. The first-order valence-corrected chi connectivity index (χ1v) is 7.54. The summed E-state index contributed by atoms with van der Waals surface area (Å²) in [4.78, 5) is 0. The Morgan fingerprint density at radius 2 is 1.88 bits per heavy atom. The molecular weight excluding hydrogens is 208 g/mol. The zero-order chi connectivity index (χ0) is 12.3. The van der Waals surface area contributed by atoms with Gasteiger partial charge in [0, 0.05) is 12.6 Å². The first kappa shape index (κ1) is 13.4. The third-order valence-electron chi connectivity index (χ3n) is 4.88. The van der Waals surface area contributed by atoms with Gasteiger partial charge in [0.25, 0.3) is 0 Å². The highest BCUT2D eigenvalue weighted by atomic mass is 14.9. The molecule has 0 aromatic carbocycles. The van der Waals surface area contributed by atoms with Crippen molar-refractivity contribution in [2.24, 2.45) is 23.0 Å². The third kappa shape index (κ3) is 4.26. The Labute approximate surface area is 107 Å². The van der Waals surface area contributed by atoms with Gasteiger partial charge in [-0.15, -0.1) is 0 Å². The van der Waals surface area contributed by atoms with Gasteiger partial charge in [0.05, 0.1) is 0 Å². The fourth-order valence-electron chi connectivity index (χ4n) is 3.30. The number of rotatable bonds is 6. The van der Waals surface area contributed by atoms with Crippen LogP contribution in [0.4, 0.5) is 0 Å². The highest BCUT2D eigenvalue weighted by Crippen LogP contribution is 2.50. The Kier molecular flexibility index (Phi) is 4.48. The van der Waals surface area contributed by atoms with Gasteiger partial charge in [-0.25, -0.2) is 0 Å². The highest BCUT2D eigenvalue weighted by Gasteiger charge is 2.44. The first-order valence-electron chi connectivity index (χ1n) is 7.54. The maximum absolute atomic E-state index is 6.22. The summed E-state index contributed by atoms with van der Waals surface area (Å²) < 4.78 is 0. The van der Waals surface area contributed by atoms with Crippen molar-refractivity contribution in [3.8, 4) is 0 Å². The molecule has 0 aliphatic heterocycles. The standard InChI is InChI=1S/C15H30N2/c1-15(2)9-13(15)10-17-11-14(16)8-12-6-4-3-5-7-12/h12-14,17H,3-11,16H2,1-2H3. The Morgan fingerprint density at radius 1 is 1.24 bits per heavy atom. The zero-order valence-electron chi connectivity index (χ0n) is 11.7. The molecule has 0 heterocycles. The Balaban J connectivity index is 1.53. The summed E-state index contributed by atoms with van der Waals surface area (Å²) in [6, 6.07) is 0.375. The van der Waals surface area contributed by atoms with Crippen molar-refractivity contribution in [3.05, 3.63) is 0 Å². The third-order valence-corrected chi connectivity index (χ3v) is 4.88. The zero-order valence-corrected chi connectivity index (χ0v) is 11.7. The lowest BCUT2D eigenvalue weighted by Gasteiger charge is -2.24. The maximum atomic E-state index is 6.22. The second-order valence-electron chi connectivity index (χ2n) is 7.05. The minimum atomic E-state index is 0.375.